The van der Waals surface area contributed by atoms with Gasteiger partial charge in [0.1, 0.15) is 5.75 Å². The van der Waals surface area contributed by atoms with Gasteiger partial charge in [0.2, 0.25) is 0 Å². The van der Waals surface area contributed by atoms with Crippen molar-refractivity contribution in [2.45, 2.75) is 0 Å². The van der Waals surface area contributed by atoms with Crippen molar-refractivity contribution >= 4 is 35.1 Å². The summed E-state index contributed by atoms with van der Waals surface area (Å²) in [6.45, 7) is 0. The molecule has 3 aromatic carbocycles. The molecule has 0 atom stereocenters. The number of phenols is 1. The van der Waals surface area contributed by atoms with E-state index in [1.165, 1.54) is 0 Å². The van der Waals surface area contributed by atoms with Gasteiger partial charge in [0.25, 0.3) is 5.91 Å². The quantitative estimate of drug-likeness (QED) is 0.647. The maximum absolute atomic E-state index is 12.4. The summed E-state index contributed by atoms with van der Waals surface area (Å²) in [6.07, 6.45) is 1.67. The van der Waals surface area contributed by atoms with Gasteiger partial charge in [0.05, 0.1) is 5.69 Å². The zero-order valence-electron chi connectivity index (χ0n) is 13.2. The summed E-state index contributed by atoms with van der Waals surface area (Å²) < 4.78 is 0. The number of aliphatic imine (C=N–C) groups is 1. The molecule has 0 unspecified atom stereocenters. The molecular formula is C20H15ClN2O2. The molecule has 3 rings (SSSR count). The smallest absolute Gasteiger partial charge is 0.255 e. The van der Waals surface area contributed by atoms with Gasteiger partial charge in [-0.3, -0.25) is 9.79 Å². The molecule has 0 bridgehead atoms. The third-order valence-electron chi connectivity index (χ3n) is 3.45. The SMILES string of the molecule is O=C(Nc1cccc(Cl)c1)c1cccc(N=Cc2ccc(O)cc2)c1. The third kappa shape index (κ3) is 4.68. The van der Waals surface area contributed by atoms with Crippen LogP contribution < -0.4 is 5.32 Å². The first-order valence-electron chi connectivity index (χ1n) is 7.60. The van der Waals surface area contributed by atoms with Gasteiger partial charge >= 0.3 is 0 Å². The molecule has 0 aromatic heterocycles. The lowest BCUT2D eigenvalue weighted by Crippen LogP contribution is -2.11. The second-order valence-electron chi connectivity index (χ2n) is 5.36. The van der Waals surface area contributed by atoms with Crippen LogP contribution in [0, 0.1) is 0 Å². The van der Waals surface area contributed by atoms with Crippen molar-refractivity contribution in [1.29, 1.82) is 0 Å². The maximum atomic E-state index is 12.4. The molecule has 5 heteroatoms. The first-order valence-corrected chi connectivity index (χ1v) is 7.98. The number of amides is 1. The molecule has 3 aromatic rings. The maximum Gasteiger partial charge on any atom is 0.255 e. The fourth-order valence-corrected chi connectivity index (χ4v) is 2.40. The summed E-state index contributed by atoms with van der Waals surface area (Å²) in [4.78, 5) is 16.7. The van der Waals surface area contributed by atoms with Gasteiger partial charge in [-0.25, -0.2) is 0 Å². The van der Waals surface area contributed by atoms with Gasteiger partial charge in [-0.05, 0) is 66.2 Å². The second kappa shape index (κ2) is 7.64. The number of anilines is 1. The number of hydrogen-bond donors (Lipinski definition) is 2. The minimum Gasteiger partial charge on any atom is -0.508 e. The highest BCUT2D eigenvalue weighted by Crippen LogP contribution is 2.18. The molecule has 124 valence electrons. The molecule has 0 aliphatic carbocycles. The van der Waals surface area contributed by atoms with E-state index in [4.69, 9.17) is 11.6 Å². The van der Waals surface area contributed by atoms with Crippen LogP contribution >= 0.6 is 11.6 Å². The van der Waals surface area contributed by atoms with Crippen LogP contribution in [0.15, 0.2) is 77.8 Å². The van der Waals surface area contributed by atoms with Crippen molar-refractivity contribution < 1.29 is 9.90 Å². The largest absolute Gasteiger partial charge is 0.508 e. The van der Waals surface area contributed by atoms with Crippen molar-refractivity contribution in [1.82, 2.24) is 0 Å². The number of phenolic OH excluding ortho intramolecular Hbond substituents is 1. The minimum absolute atomic E-state index is 0.205. The number of aromatic hydroxyl groups is 1. The third-order valence-corrected chi connectivity index (χ3v) is 3.68. The Balaban J connectivity index is 1.74. The van der Waals surface area contributed by atoms with Gasteiger partial charge in [0.15, 0.2) is 0 Å². The summed E-state index contributed by atoms with van der Waals surface area (Å²) in [5.74, 6) is -0.0271. The van der Waals surface area contributed by atoms with Gasteiger partial charge in [-0.2, -0.15) is 0 Å². The Morgan fingerprint density at radius 3 is 2.52 bits per heavy atom. The van der Waals surface area contributed by atoms with E-state index in [0.29, 0.717) is 22.0 Å². The Bertz CT molecular complexity index is 921. The van der Waals surface area contributed by atoms with E-state index in [-0.39, 0.29) is 11.7 Å². The Morgan fingerprint density at radius 2 is 1.76 bits per heavy atom. The van der Waals surface area contributed by atoms with Gasteiger partial charge < -0.3 is 10.4 Å². The fraction of sp³-hybridized carbons (Fsp3) is 0. The van der Waals surface area contributed by atoms with Gasteiger partial charge in [0, 0.05) is 22.5 Å². The number of nitrogens with one attached hydrogen (secondary N) is 1. The fourth-order valence-electron chi connectivity index (χ4n) is 2.21. The van der Waals surface area contributed by atoms with E-state index in [1.807, 2.05) is 6.07 Å². The van der Waals surface area contributed by atoms with E-state index < -0.39 is 0 Å². The van der Waals surface area contributed by atoms with E-state index in [9.17, 15) is 9.90 Å². The predicted molar refractivity (Wildman–Crippen MR) is 101 cm³/mol. The molecular weight excluding hydrogens is 336 g/mol. The van der Waals surface area contributed by atoms with Crippen LogP contribution in [0.25, 0.3) is 0 Å². The summed E-state index contributed by atoms with van der Waals surface area (Å²) in [7, 11) is 0. The van der Waals surface area contributed by atoms with E-state index in [1.54, 1.807) is 72.9 Å². The average molecular weight is 351 g/mol. The Kier molecular flexibility index (Phi) is 5.11. The first-order chi connectivity index (χ1) is 12.1. The van der Waals surface area contributed by atoms with Crippen molar-refractivity contribution in [2.24, 2.45) is 4.99 Å². The van der Waals surface area contributed by atoms with Gasteiger partial charge in [-0.15, -0.1) is 0 Å². The molecule has 25 heavy (non-hydrogen) atoms. The van der Waals surface area contributed by atoms with Crippen molar-refractivity contribution in [3.8, 4) is 5.75 Å². The van der Waals surface area contributed by atoms with Crippen LogP contribution in [0.5, 0.6) is 5.75 Å². The van der Waals surface area contributed by atoms with Crippen molar-refractivity contribution in [3.63, 3.8) is 0 Å². The topological polar surface area (TPSA) is 61.7 Å². The molecule has 0 aliphatic heterocycles. The number of carbonyl (C=O) groups is 1. The summed E-state index contributed by atoms with van der Waals surface area (Å²) in [5, 5.41) is 12.6. The summed E-state index contributed by atoms with van der Waals surface area (Å²) in [5.41, 5.74) is 2.65. The standard InChI is InChI=1S/C20H15ClN2O2/c21-16-4-2-6-18(12-16)23-20(25)15-3-1-5-17(11-15)22-13-14-7-9-19(24)10-8-14/h1-13,24H,(H,23,25). The molecule has 0 spiro atoms. The second-order valence-corrected chi connectivity index (χ2v) is 5.80. The molecule has 0 saturated carbocycles. The Labute approximate surface area is 150 Å². The lowest BCUT2D eigenvalue weighted by atomic mass is 10.2. The van der Waals surface area contributed by atoms with E-state index >= 15 is 0 Å². The zero-order chi connectivity index (χ0) is 17.6. The predicted octanol–water partition coefficient (Wildman–Crippen LogP) is 5.05. The van der Waals surface area contributed by atoms with Crippen LogP contribution in [-0.4, -0.2) is 17.2 Å². The molecule has 0 heterocycles. The monoisotopic (exact) mass is 350 g/mol. The minimum atomic E-state index is -0.232. The highest BCUT2D eigenvalue weighted by atomic mass is 35.5. The highest BCUT2D eigenvalue weighted by molar-refractivity contribution is 6.31. The molecule has 0 radical (unpaired) electrons. The number of halogens is 1. The van der Waals surface area contributed by atoms with Crippen molar-refractivity contribution in [3.05, 3.63) is 88.9 Å². The molecule has 1 amide bonds. The van der Waals surface area contributed by atoms with Gasteiger partial charge in [-0.1, -0.05) is 23.7 Å². The van der Waals surface area contributed by atoms with Crippen LogP contribution in [0.1, 0.15) is 15.9 Å². The molecule has 4 nitrogen and oxygen atoms in total. The lowest BCUT2D eigenvalue weighted by molar-refractivity contribution is 0.102. The van der Waals surface area contributed by atoms with Crippen LogP contribution in [0.3, 0.4) is 0 Å². The Morgan fingerprint density at radius 1 is 1.00 bits per heavy atom. The van der Waals surface area contributed by atoms with Crippen LogP contribution in [-0.2, 0) is 0 Å². The van der Waals surface area contributed by atoms with Crippen molar-refractivity contribution in [2.75, 3.05) is 5.32 Å². The number of carbonyl (C=O) groups excluding carboxylic acids is 1. The number of rotatable bonds is 4. The number of hydrogen-bond acceptors (Lipinski definition) is 3. The normalized spacial score (nSPS) is 10.8. The van der Waals surface area contributed by atoms with Crippen LogP contribution in [0.4, 0.5) is 11.4 Å². The summed E-state index contributed by atoms with van der Waals surface area (Å²) in [6, 6.07) is 20.7. The summed E-state index contributed by atoms with van der Waals surface area (Å²) >= 11 is 5.92. The average Bonchev–Trinajstić information content (AvgIpc) is 2.61. The Hall–Kier alpha value is -3.11. The molecule has 2 N–H and O–H groups in total. The molecule has 0 saturated heterocycles. The van der Waals surface area contributed by atoms with E-state index in [0.717, 1.165) is 5.56 Å². The zero-order valence-corrected chi connectivity index (χ0v) is 13.9. The molecule has 0 aliphatic rings. The number of nitrogens with zero attached hydrogens (tertiary/aromatic N) is 1. The lowest BCUT2D eigenvalue weighted by Gasteiger charge is -2.06. The number of benzene rings is 3. The van der Waals surface area contributed by atoms with E-state index in [2.05, 4.69) is 10.3 Å². The first kappa shape index (κ1) is 16.7. The highest BCUT2D eigenvalue weighted by Gasteiger charge is 2.06. The molecule has 0 fully saturated rings. The van der Waals surface area contributed by atoms with Crippen LogP contribution in [0.2, 0.25) is 5.02 Å².